The minimum absolute atomic E-state index is 0.252. The third-order valence-electron chi connectivity index (χ3n) is 5.14. The van der Waals surface area contributed by atoms with Crippen molar-refractivity contribution in [2.75, 3.05) is 6.79 Å². The summed E-state index contributed by atoms with van der Waals surface area (Å²) in [4.78, 5) is 0. The largest absolute Gasteiger partial charge is 0.507 e. The molecule has 0 unspecified atom stereocenters. The topological polar surface area (TPSA) is 74.2 Å². The Balaban J connectivity index is 1.75. The predicted octanol–water partition coefficient (Wildman–Crippen LogP) is 7.06. The van der Waals surface area contributed by atoms with Gasteiger partial charge >= 0.3 is 7.82 Å². The van der Waals surface area contributed by atoms with E-state index in [2.05, 4.69) is 0 Å². The maximum atomic E-state index is 12.8. The van der Waals surface area contributed by atoms with Gasteiger partial charge in [0.1, 0.15) is 11.5 Å². The zero-order chi connectivity index (χ0) is 24.2. The van der Waals surface area contributed by atoms with E-state index in [-0.39, 0.29) is 24.8 Å². The van der Waals surface area contributed by atoms with E-state index in [0.717, 1.165) is 33.9 Å². The van der Waals surface area contributed by atoms with Crippen molar-refractivity contribution in [2.24, 2.45) is 0 Å². The first-order valence-electron chi connectivity index (χ1n) is 11.1. The number of ether oxygens (including phenoxy) is 1. The standard InChI is InChI=1S/C26H33O6P/c1-17(2)31-33(28,32-18(3)4)30-16-29-22-13-19(5)25(20(6)14-22)15-21-11-12-26(27)24-10-8-7-9-23(21)24/h7-14,17-18,27H,15-16H2,1-6H3. The molecule has 1 N–H and O–H groups in total. The number of aryl methyl sites for hydroxylation is 2. The van der Waals surface area contributed by atoms with Gasteiger partial charge in [-0.25, -0.2) is 9.09 Å². The van der Waals surface area contributed by atoms with E-state index in [1.165, 1.54) is 5.56 Å². The predicted molar refractivity (Wildman–Crippen MR) is 131 cm³/mol. The quantitative estimate of drug-likeness (QED) is 0.251. The van der Waals surface area contributed by atoms with Crippen molar-refractivity contribution >= 4 is 18.6 Å². The van der Waals surface area contributed by atoms with Gasteiger partial charge in [-0.15, -0.1) is 0 Å². The Morgan fingerprint density at radius 1 is 0.879 bits per heavy atom. The molecule has 178 valence electrons. The Bertz CT molecular complexity index is 1120. The van der Waals surface area contributed by atoms with Crippen molar-refractivity contribution in [1.82, 2.24) is 0 Å². The van der Waals surface area contributed by atoms with Crippen molar-refractivity contribution < 1.29 is 28.0 Å². The number of fused-ring (bicyclic) bond motifs is 1. The fourth-order valence-corrected chi connectivity index (χ4v) is 5.15. The lowest BCUT2D eigenvalue weighted by Gasteiger charge is -2.22. The molecule has 0 atom stereocenters. The molecule has 0 amide bonds. The van der Waals surface area contributed by atoms with Crippen LogP contribution in [0.15, 0.2) is 48.5 Å². The summed E-state index contributed by atoms with van der Waals surface area (Å²) in [6.07, 6.45) is 0.109. The van der Waals surface area contributed by atoms with E-state index in [0.29, 0.717) is 5.75 Å². The number of phosphoric ester groups is 1. The zero-order valence-electron chi connectivity index (χ0n) is 20.1. The molecular weight excluding hydrogens is 439 g/mol. The molecule has 0 aliphatic rings. The van der Waals surface area contributed by atoms with Crippen LogP contribution in [0, 0.1) is 13.8 Å². The summed E-state index contributed by atoms with van der Waals surface area (Å²) < 4.78 is 34.7. The Labute approximate surface area is 196 Å². The molecule has 0 saturated heterocycles. The van der Waals surface area contributed by atoms with E-state index in [1.54, 1.807) is 33.8 Å². The van der Waals surface area contributed by atoms with Crippen LogP contribution >= 0.6 is 7.82 Å². The number of aromatic hydroxyl groups is 1. The Kier molecular flexibility index (Phi) is 8.19. The highest BCUT2D eigenvalue weighted by molar-refractivity contribution is 7.48. The molecule has 33 heavy (non-hydrogen) atoms. The van der Waals surface area contributed by atoms with E-state index in [1.807, 2.05) is 56.3 Å². The molecule has 0 bridgehead atoms. The van der Waals surface area contributed by atoms with Crippen molar-refractivity contribution in [2.45, 2.75) is 60.2 Å². The van der Waals surface area contributed by atoms with Crippen LogP contribution < -0.4 is 4.74 Å². The summed E-state index contributed by atoms with van der Waals surface area (Å²) in [6, 6.07) is 15.4. The Hall–Kier alpha value is -2.37. The van der Waals surface area contributed by atoms with Gasteiger partial charge in [0.25, 0.3) is 0 Å². The molecule has 3 rings (SSSR count). The molecule has 0 aliphatic heterocycles. The monoisotopic (exact) mass is 472 g/mol. The van der Waals surface area contributed by atoms with Crippen LogP contribution in [0.3, 0.4) is 0 Å². The van der Waals surface area contributed by atoms with Gasteiger partial charge in [-0.2, -0.15) is 0 Å². The molecule has 7 heteroatoms. The lowest BCUT2D eigenvalue weighted by molar-refractivity contribution is 0.0281. The van der Waals surface area contributed by atoms with Crippen molar-refractivity contribution in [3.05, 3.63) is 70.8 Å². The lowest BCUT2D eigenvalue weighted by atomic mass is 9.93. The fraction of sp³-hybridized carbons (Fsp3) is 0.385. The number of hydrogen-bond acceptors (Lipinski definition) is 6. The summed E-state index contributed by atoms with van der Waals surface area (Å²) in [5.74, 6) is 0.900. The first-order valence-corrected chi connectivity index (χ1v) is 12.6. The summed E-state index contributed by atoms with van der Waals surface area (Å²) in [7, 11) is -3.72. The number of phenolic OH excluding ortho intramolecular Hbond substituents is 1. The maximum Gasteiger partial charge on any atom is 0.478 e. The average molecular weight is 473 g/mol. The van der Waals surface area contributed by atoms with Gasteiger partial charge in [0.2, 0.25) is 0 Å². The molecule has 0 aliphatic carbocycles. The molecule has 0 fully saturated rings. The average Bonchev–Trinajstić information content (AvgIpc) is 2.71. The number of rotatable bonds is 10. The molecular formula is C26H33O6P. The smallest absolute Gasteiger partial charge is 0.478 e. The molecule has 0 radical (unpaired) electrons. The van der Waals surface area contributed by atoms with E-state index >= 15 is 0 Å². The third kappa shape index (κ3) is 6.58. The summed E-state index contributed by atoms with van der Waals surface area (Å²) >= 11 is 0. The first-order chi connectivity index (χ1) is 15.6. The lowest BCUT2D eigenvalue weighted by Crippen LogP contribution is -2.12. The van der Waals surface area contributed by atoms with E-state index in [9.17, 15) is 9.67 Å². The van der Waals surface area contributed by atoms with Crippen LogP contribution in [0.25, 0.3) is 10.8 Å². The van der Waals surface area contributed by atoms with Crippen LogP contribution in [0.5, 0.6) is 11.5 Å². The van der Waals surface area contributed by atoms with Crippen molar-refractivity contribution in [3.63, 3.8) is 0 Å². The van der Waals surface area contributed by atoms with Crippen LogP contribution in [0.4, 0.5) is 0 Å². The van der Waals surface area contributed by atoms with Crippen LogP contribution in [-0.2, 0) is 24.6 Å². The first kappa shape index (κ1) is 25.3. The molecule has 0 aromatic heterocycles. The minimum Gasteiger partial charge on any atom is -0.507 e. The number of phosphoric acid groups is 1. The van der Waals surface area contributed by atoms with Gasteiger partial charge in [-0.1, -0.05) is 30.3 Å². The number of phenols is 1. The van der Waals surface area contributed by atoms with Gasteiger partial charge < -0.3 is 9.84 Å². The van der Waals surface area contributed by atoms with Gasteiger partial charge in [-0.05, 0) is 93.8 Å². The minimum atomic E-state index is -3.72. The van der Waals surface area contributed by atoms with Crippen LogP contribution in [0.2, 0.25) is 0 Å². The molecule has 0 spiro atoms. The summed E-state index contributed by atoms with van der Waals surface area (Å²) in [5.41, 5.74) is 4.48. The van der Waals surface area contributed by atoms with Gasteiger partial charge in [0.05, 0.1) is 12.2 Å². The highest BCUT2D eigenvalue weighted by Crippen LogP contribution is 2.51. The SMILES string of the molecule is Cc1cc(OCOP(=O)(OC(C)C)OC(C)C)cc(C)c1Cc1ccc(O)c2ccccc12. The number of hydrogen-bond donors (Lipinski definition) is 1. The third-order valence-corrected chi connectivity index (χ3v) is 6.93. The zero-order valence-corrected chi connectivity index (χ0v) is 21.0. The highest BCUT2D eigenvalue weighted by Gasteiger charge is 2.30. The fourth-order valence-electron chi connectivity index (χ4n) is 3.77. The Morgan fingerprint density at radius 3 is 2.03 bits per heavy atom. The molecule has 3 aromatic carbocycles. The second kappa shape index (κ2) is 10.7. The molecule has 6 nitrogen and oxygen atoms in total. The van der Waals surface area contributed by atoms with E-state index < -0.39 is 7.82 Å². The van der Waals surface area contributed by atoms with Crippen molar-refractivity contribution in [3.8, 4) is 11.5 Å². The van der Waals surface area contributed by atoms with Gasteiger partial charge in [0, 0.05) is 5.39 Å². The maximum absolute atomic E-state index is 12.8. The normalized spacial score (nSPS) is 12.1. The Morgan fingerprint density at radius 2 is 1.45 bits per heavy atom. The van der Waals surface area contributed by atoms with Crippen molar-refractivity contribution in [1.29, 1.82) is 0 Å². The molecule has 3 aromatic rings. The highest BCUT2D eigenvalue weighted by atomic mass is 31.2. The van der Waals surface area contributed by atoms with Crippen LogP contribution in [0.1, 0.15) is 49.9 Å². The molecule has 0 heterocycles. The van der Waals surface area contributed by atoms with Crippen LogP contribution in [-0.4, -0.2) is 24.1 Å². The summed E-state index contributed by atoms with van der Waals surface area (Å²) in [5, 5.41) is 12.1. The second-order valence-electron chi connectivity index (χ2n) is 8.65. The van der Waals surface area contributed by atoms with E-state index in [4.69, 9.17) is 18.3 Å². The second-order valence-corrected chi connectivity index (χ2v) is 10.2. The summed E-state index contributed by atoms with van der Waals surface area (Å²) in [6.45, 7) is 10.9. The molecule has 0 saturated carbocycles. The van der Waals surface area contributed by atoms with Gasteiger partial charge in [-0.3, -0.25) is 9.05 Å². The van der Waals surface area contributed by atoms with Gasteiger partial charge in [0.15, 0.2) is 6.79 Å². The number of benzene rings is 3.